The van der Waals surface area contributed by atoms with E-state index in [4.69, 9.17) is 4.74 Å². The van der Waals surface area contributed by atoms with Gasteiger partial charge in [0.1, 0.15) is 5.75 Å². The number of carbonyl (C=O) groups excluding carboxylic acids is 1. The minimum Gasteiger partial charge on any atom is -0.493 e. The fraction of sp³-hybridized carbons (Fsp3) is 0.381. The van der Waals surface area contributed by atoms with Gasteiger partial charge in [0.15, 0.2) is 0 Å². The number of carbonyl (C=O) groups is 1. The quantitative estimate of drug-likeness (QED) is 0.807. The summed E-state index contributed by atoms with van der Waals surface area (Å²) in [6, 6.07) is 13.7. The van der Waals surface area contributed by atoms with Gasteiger partial charge in [0.05, 0.1) is 17.5 Å². The molecule has 1 atom stereocenters. The van der Waals surface area contributed by atoms with Crippen LogP contribution in [0.2, 0.25) is 0 Å². The van der Waals surface area contributed by atoms with Gasteiger partial charge >= 0.3 is 0 Å². The van der Waals surface area contributed by atoms with Crippen molar-refractivity contribution in [1.82, 2.24) is 10.0 Å². The number of sulfonamides is 1. The molecular weight excluding hydrogens is 376 g/mol. The maximum atomic E-state index is 12.8. The molecule has 28 heavy (non-hydrogen) atoms. The highest BCUT2D eigenvalue weighted by Gasteiger charge is 2.25. The summed E-state index contributed by atoms with van der Waals surface area (Å²) in [6.07, 6.45) is 4.49. The van der Waals surface area contributed by atoms with Crippen LogP contribution in [-0.2, 0) is 10.0 Å². The molecule has 4 rings (SSSR count). The Morgan fingerprint density at radius 3 is 2.61 bits per heavy atom. The molecule has 2 aromatic rings. The molecule has 1 saturated carbocycles. The van der Waals surface area contributed by atoms with Crippen molar-refractivity contribution >= 4 is 15.9 Å². The summed E-state index contributed by atoms with van der Waals surface area (Å²) in [5, 5.41) is 3.01. The van der Waals surface area contributed by atoms with E-state index in [1.807, 2.05) is 24.3 Å². The van der Waals surface area contributed by atoms with Crippen LogP contribution in [0.1, 0.15) is 54.1 Å². The highest BCUT2D eigenvalue weighted by Crippen LogP contribution is 2.31. The third-order valence-electron chi connectivity index (χ3n) is 5.35. The summed E-state index contributed by atoms with van der Waals surface area (Å²) >= 11 is 0. The Balaban J connectivity index is 1.51. The van der Waals surface area contributed by atoms with Crippen LogP contribution in [0.3, 0.4) is 0 Å². The molecule has 1 amide bonds. The van der Waals surface area contributed by atoms with Gasteiger partial charge < -0.3 is 10.1 Å². The lowest BCUT2D eigenvalue weighted by Crippen LogP contribution is -2.33. The van der Waals surface area contributed by atoms with Gasteiger partial charge in [-0.1, -0.05) is 37.1 Å². The first-order valence-corrected chi connectivity index (χ1v) is 11.2. The number of benzene rings is 2. The van der Waals surface area contributed by atoms with Crippen LogP contribution in [0.15, 0.2) is 53.4 Å². The van der Waals surface area contributed by atoms with Crippen LogP contribution in [0.4, 0.5) is 0 Å². The predicted molar refractivity (Wildman–Crippen MR) is 106 cm³/mol. The lowest BCUT2D eigenvalue weighted by Gasteiger charge is -2.26. The summed E-state index contributed by atoms with van der Waals surface area (Å²) < 4.78 is 33.7. The number of ether oxygens (including phenoxy) is 1. The van der Waals surface area contributed by atoms with E-state index in [1.54, 1.807) is 12.1 Å². The molecule has 0 aromatic heterocycles. The molecule has 0 bridgehead atoms. The number of amides is 1. The number of hydrogen-bond donors (Lipinski definition) is 2. The normalized spacial score (nSPS) is 19.6. The Morgan fingerprint density at radius 2 is 1.79 bits per heavy atom. The molecule has 0 spiro atoms. The monoisotopic (exact) mass is 400 g/mol. The van der Waals surface area contributed by atoms with Crippen molar-refractivity contribution < 1.29 is 17.9 Å². The van der Waals surface area contributed by atoms with Gasteiger partial charge in [-0.25, -0.2) is 13.1 Å². The van der Waals surface area contributed by atoms with Crippen LogP contribution in [0.25, 0.3) is 0 Å². The zero-order chi connectivity index (χ0) is 19.6. The van der Waals surface area contributed by atoms with E-state index in [9.17, 15) is 13.2 Å². The van der Waals surface area contributed by atoms with Gasteiger partial charge in [-0.05, 0) is 37.1 Å². The average molecular weight is 401 g/mol. The summed E-state index contributed by atoms with van der Waals surface area (Å²) in [5.74, 6) is 0.482. The van der Waals surface area contributed by atoms with Crippen LogP contribution in [0.5, 0.6) is 5.75 Å². The van der Waals surface area contributed by atoms with Crippen LogP contribution in [-0.4, -0.2) is 27.0 Å². The van der Waals surface area contributed by atoms with Gasteiger partial charge in [-0.2, -0.15) is 0 Å². The van der Waals surface area contributed by atoms with Crippen LogP contribution in [0, 0.1) is 0 Å². The zero-order valence-electron chi connectivity index (χ0n) is 15.6. The molecule has 1 aliphatic carbocycles. The fourth-order valence-corrected chi connectivity index (χ4v) is 5.22. The van der Waals surface area contributed by atoms with Crippen molar-refractivity contribution in [3.8, 4) is 5.75 Å². The number of rotatable bonds is 5. The largest absolute Gasteiger partial charge is 0.493 e. The van der Waals surface area contributed by atoms with E-state index in [-0.39, 0.29) is 22.9 Å². The second-order valence-corrected chi connectivity index (χ2v) is 9.05. The second kappa shape index (κ2) is 7.93. The number of nitrogens with one attached hydrogen (secondary N) is 2. The van der Waals surface area contributed by atoms with E-state index < -0.39 is 10.0 Å². The predicted octanol–water partition coefficient (Wildman–Crippen LogP) is 3.16. The van der Waals surface area contributed by atoms with Gasteiger partial charge in [0.2, 0.25) is 10.0 Å². The van der Waals surface area contributed by atoms with Crippen molar-refractivity contribution in [2.75, 3.05) is 6.61 Å². The molecule has 2 aliphatic rings. The lowest BCUT2D eigenvalue weighted by atomic mass is 10.00. The van der Waals surface area contributed by atoms with E-state index in [0.29, 0.717) is 18.6 Å². The minimum absolute atomic E-state index is 0.0128. The SMILES string of the molecule is O=C(NC1CCOc2ccccc21)c1cccc(S(=O)(=O)NC2CCCC2)c1. The maximum Gasteiger partial charge on any atom is 0.251 e. The van der Waals surface area contributed by atoms with E-state index in [2.05, 4.69) is 10.0 Å². The molecule has 2 aromatic carbocycles. The summed E-state index contributed by atoms with van der Waals surface area (Å²) in [7, 11) is -3.63. The Kier molecular flexibility index (Phi) is 5.37. The van der Waals surface area contributed by atoms with Crippen LogP contribution < -0.4 is 14.8 Å². The van der Waals surface area contributed by atoms with E-state index in [1.165, 1.54) is 12.1 Å². The maximum absolute atomic E-state index is 12.8. The fourth-order valence-electron chi connectivity index (χ4n) is 3.87. The average Bonchev–Trinajstić information content (AvgIpc) is 3.21. The molecule has 148 valence electrons. The molecule has 0 radical (unpaired) electrons. The number of para-hydroxylation sites is 1. The first-order valence-electron chi connectivity index (χ1n) is 9.68. The molecule has 1 heterocycles. The molecule has 7 heteroatoms. The smallest absolute Gasteiger partial charge is 0.251 e. The van der Waals surface area contributed by atoms with Gasteiger partial charge in [-0.15, -0.1) is 0 Å². The zero-order valence-corrected chi connectivity index (χ0v) is 16.4. The Morgan fingerprint density at radius 1 is 1.00 bits per heavy atom. The summed E-state index contributed by atoms with van der Waals surface area (Å²) in [4.78, 5) is 12.9. The van der Waals surface area contributed by atoms with Crippen molar-refractivity contribution in [1.29, 1.82) is 0 Å². The topological polar surface area (TPSA) is 84.5 Å². The van der Waals surface area contributed by atoms with Gasteiger partial charge in [0, 0.05) is 23.6 Å². The van der Waals surface area contributed by atoms with E-state index in [0.717, 1.165) is 37.0 Å². The third-order valence-corrected chi connectivity index (χ3v) is 6.87. The molecule has 2 N–H and O–H groups in total. The summed E-state index contributed by atoms with van der Waals surface area (Å²) in [6.45, 7) is 0.529. The molecule has 1 aliphatic heterocycles. The third kappa shape index (κ3) is 4.05. The van der Waals surface area contributed by atoms with Crippen molar-refractivity contribution in [2.45, 2.75) is 49.1 Å². The molecule has 1 unspecified atom stereocenters. The molecule has 0 saturated heterocycles. The Bertz CT molecular complexity index is 968. The second-order valence-electron chi connectivity index (χ2n) is 7.33. The molecular formula is C21H24N2O4S. The van der Waals surface area contributed by atoms with E-state index >= 15 is 0 Å². The molecule has 6 nitrogen and oxygen atoms in total. The summed E-state index contributed by atoms with van der Waals surface area (Å²) in [5.41, 5.74) is 1.27. The first kappa shape index (κ1) is 19.0. The highest BCUT2D eigenvalue weighted by atomic mass is 32.2. The van der Waals surface area contributed by atoms with Crippen molar-refractivity contribution in [3.05, 3.63) is 59.7 Å². The molecule has 1 fully saturated rings. The number of hydrogen-bond acceptors (Lipinski definition) is 4. The highest BCUT2D eigenvalue weighted by molar-refractivity contribution is 7.89. The standard InChI is InChI=1S/C21H24N2O4S/c24-21(22-19-12-13-27-20-11-4-3-10-18(19)20)15-6-5-9-17(14-15)28(25,26)23-16-7-1-2-8-16/h3-6,9-11,14,16,19,23H,1-2,7-8,12-13H2,(H,22,24). The Labute approximate surface area is 165 Å². The van der Waals surface area contributed by atoms with Crippen LogP contribution >= 0.6 is 0 Å². The number of fused-ring (bicyclic) bond motifs is 1. The minimum atomic E-state index is -3.63. The lowest BCUT2D eigenvalue weighted by molar-refractivity contribution is 0.0924. The van der Waals surface area contributed by atoms with Crippen molar-refractivity contribution in [2.24, 2.45) is 0 Å². The van der Waals surface area contributed by atoms with Gasteiger partial charge in [0.25, 0.3) is 5.91 Å². The first-order chi connectivity index (χ1) is 13.5. The van der Waals surface area contributed by atoms with Crippen molar-refractivity contribution in [3.63, 3.8) is 0 Å². The van der Waals surface area contributed by atoms with Gasteiger partial charge in [-0.3, -0.25) is 4.79 Å². The Hall–Kier alpha value is -2.38.